The summed E-state index contributed by atoms with van der Waals surface area (Å²) in [5, 5.41) is 21.2. The van der Waals surface area contributed by atoms with Crippen molar-refractivity contribution in [2.75, 3.05) is 0 Å². The molecule has 5 nitrogen and oxygen atoms in total. The zero-order valence-electron chi connectivity index (χ0n) is 16.4. The fraction of sp³-hybridized carbons (Fsp3) is 0.0833. The predicted molar refractivity (Wildman–Crippen MR) is 119 cm³/mol. The lowest BCUT2D eigenvalue weighted by Crippen LogP contribution is -2.29. The van der Waals surface area contributed by atoms with E-state index in [1.165, 1.54) is 53.4 Å². The Kier molecular flexibility index (Phi) is 5.91. The number of hydrogen-bond acceptors (Lipinski definition) is 4. The predicted octanol–water partition coefficient (Wildman–Crippen LogP) is 5.46. The van der Waals surface area contributed by atoms with Gasteiger partial charge >= 0.3 is 0 Å². The molecule has 0 radical (unpaired) electrons. The monoisotopic (exact) mass is 471 g/mol. The molecule has 1 heterocycles. The van der Waals surface area contributed by atoms with Gasteiger partial charge in [-0.2, -0.15) is 0 Å². The maximum absolute atomic E-state index is 13.3. The molecule has 0 aromatic heterocycles. The van der Waals surface area contributed by atoms with E-state index in [9.17, 15) is 24.2 Å². The summed E-state index contributed by atoms with van der Waals surface area (Å²) in [4.78, 5) is 27.3. The number of ketones is 1. The first-order chi connectivity index (χ1) is 15.3. The zero-order chi connectivity index (χ0) is 23.0. The van der Waals surface area contributed by atoms with Crippen molar-refractivity contribution in [2.24, 2.45) is 0 Å². The number of carbonyl (C=O) groups excluding carboxylic acids is 2. The van der Waals surface area contributed by atoms with Gasteiger partial charge in [-0.15, -0.1) is 0 Å². The highest BCUT2D eigenvalue weighted by molar-refractivity contribution is 6.46. The molecule has 1 fully saturated rings. The van der Waals surface area contributed by atoms with Gasteiger partial charge in [-0.1, -0.05) is 53.5 Å². The van der Waals surface area contributed by atoms with Gasteiger partial charge in [0.1, 0.15) is 17.3 Å². The van der Waals surface area contributed by atoms with Crippen LogP contribution in [0.1, 0.15) is 22.7 Å². The number of hydrogen-bond donors (Lipinski definition) is 2. The maximum Gasteiger partial charge on any atom is 0.295 e. The number of halogens is 3. The first-order valence-corrected chi connectivity index (χ1v) is 10.3. The number of carbonyl (C=O) groups is 2. The summed E-state index contributed by atoms with van der Waals surface area (Å²) >= 11 is 12.1. The van der Waals surface area contributed by atoms with Crippen LogP contribution in [0, 0.1) is 5.82 Å². The van der Waals surface area contributed by atoms with E-state index in [1.807, 2.05) is 0 Å². The fourth-order valence-electron chi connectivity index (χ4n) is 3.66. The molecule has 3 aromatic rings. The molecule has 1 aliphatic rings. The quantitative estimate of drug-likeness (QED) is 0.300. The minimum atomic E-state index is -0.989. The number of rotatable bonds is 4. The highest BCUT2D eigenvalue weighted by Crippen LogP contribution is 2.42. The number of phenolic OH excluding ortho intramolecular Hbond substituents is 1. The molecule has 0 saturated carbocycles. The van der Waals surface area contributed by atoms with Crippen LogP contribution in [-0.2, 0) is 16.1 Å². The highest BCUT2D eigenvalue weighted by atomic mass is 35.5. The minimum Gasteiger partial charge on any atom is -0.507 e. The van der Waals surface area contributed by atoms with Crippen LogP contribution >= 0.6 is 23.2 Å². The summed E-state index contributed by atoms with van der Waals surface area (Å²) in [6, 6.07) is 15.1. The van der Waals surface area contributed by atoms with E-state index in [0.29, 0.717) is 16.1 Å². The molecule has 2 N–H and O–H groups in total. The van der Waals surface area contributed by atoms with E-state index >= 15 is 0 Å². The standard InChI is InChI=1S/C24H16Cl2FNO4/c25-16-3-1-2-15(10-16)22(30)20-21(14-6-9-19(29)18(26)11-14)28(24(32)23(20)31)12-13-4-7-17(27)8-5-13/h1-11,21,29-30H,12H2/b22-20-. The van der Waals surface area contributed by atoms with Crippen LogP contribution in [-0.4, -0.2) is 26.8 Å². The molecule has 0 spiro atoms. The van der Waals surface area contributed by atoms with Crippen LogP contribution < -0.4 is 0 Å². The van der Waals surface area contributed by atoms with Crippen LogP contribution in [0.4, 0.5) is 4.39 Å². The third kappa shape index (κ3) is 4.07. The highest BCUT2D eigenvalue weighted by Gasteiger charge is 2.46. The van der Waals surface area contributed by atoms with Crippen LogP contribution in [0.3, 0.4) is 0 Å². The molecule has 0 aliphatic carbocycles. The molecule has 32 heavy (non-hydrogen) atoms. The fourth-order valence-corrected chi connectivity index (χ4v) is 4.04. The Bertz CT molecular complexity index is 1260. The van der Waals surface area contributed by atoms with E-state index in [4.69, 9.17) is 23.2 Å². The van der Waals surface area contributed by atoms with Gasteiger partial charge in [0, 0.05) is 17.1 Å². The average Bonchev–Trinajstić information content (AvgIpc) is 3.01. The summed E-state index contributed by atoms with van der Waals surface area (Å²) in [7, 11) is 0. The second-order valence-electron chi connectivity index (χ2n) is 7.27. The van der Waals surface area contributed by atoms with Gasteiger partial charge in [-0.05, 0) is 47.5 Å². The first-order valence-electron chi connectivity index (χ1n) is 9.53. The topological polar surface area (TPSA) is 77.8 Å². The first kappa shape index (κ1) is 21.9. The molecular formula is C24H16Cl2FNO4. The number of nitrogens with zero attached hydrogens (tertiary/aromatic N) is 1. The van der Waals surface area contributed by atoms with Crippen molar-refractivity contribution in [3.05, 3.63) is 105 Å². The van der Waals surface area contributed by atoms with Crippen molar-refractivity contribution < 1.29 is 24.2 Å². The minimum absolute atomic E-state index is 0.0136. The lowest BCUT2D eigenvalue weighted by atomic mass is 9.95. The second-order valence-corrected chi connectivity index (χ2v) is 8.12. The van der Waals surface area contributed by atoms with Gasteiger partial charge in [0.05, 0.1) is 16.6 Å². The van der Waals surface area contributed by atoms with E-state index in [1.54, 1.807) is 18.2 Å². The van der Waals surface area contributed by atoms with E-state index in [0.717, 1.165) is 0 Å². The normalized spacial score (nSPS) is 17.7. The Morgan fingerprint density at radius 3 is 2.38 bits per heavy atom. The zero-order valence-corrected chi connectivity index (χ0v) is 17.9. The van der Waals surface area contributed by atoms with Crippen LogP contribution in [0.5, 0.6) is 5.75 Å². The van der Waals surface area contributed by atoms with Crippen molar-refractivity contribution in [3.8, 4) is 5.75 Å². The van der Waals surface area contributed by atoms with Gasteiger partial charge in [-0.3, -0.25) is 9.59 Å². The Hall–Kier alpha value is -3.35. The second kappa shape index (κ2) is 8.65. The Labute approximate surface area is 192 Å². The summed E-state index contributed by atoms with van der Waals surface area (Å²) in [5.74, 6) is -2.69. The van der Waals surface area contributed by atoms with Crippen LogP contribution in [0.15, 0.2) is 72.3 Å². The molecular weight excluding hydrogens is 456 g/mol. The number of aliphatic hydroxyl groups excluding tert-OH is 1. The molecule has 0 bridgehead atoms. The Balaban J connectivity index is 1.88. The molecule has 1 saturated heterocycles. The molecule has 1 amide bonds. The Morgan fingerprint density at radius 1 is 1.00 bits per heavy atom. The molecule has 4 rings (SSSR count). The number of Topliss-reactive ketones (excluding diaryl/α,β-unsaturated/α-hetero) is 1. The van der Waals surface area contributed by atoms with Crippen LogP contribution in [0.25, 0.3) is 5.76 Å². The molecule has 8 heteroatoms. The van der Waals surface area contributed by atoms with E-state index in [2.05, 4.69) is 0 Å². The molecule has 1 unspecified atom stereocenters. The van der Waals surface area contributed by atoms with Gasteiger partial charge in [0.2, 0.25) is 0 Å². The number of benzene rings is 3. The third-order valence-electron chi connectivity index (χ3n) is 5.19. The number of likely N-dealkylation sites (tertiary alicyclic amines) is 1. The number of aliphatic hydroxyl groups is 1. The van der Waals surface area contributed by atoms with Gasteiger partial charge < -0.3 is 15.1 Å². The van der Waals surface area contributed by atoms with E-state index < -0.39 is 23.5 Å². The van der Waals surface area contributed by atoms with Gasteiger partial charge in [0.15, 0.2) is 0 Å². The largest absolute Gasteiger partial charge is 0.507 e. The summed E-state index contributed by atoms with van der Waals surface area (Å²) in [6.07, 6.45) is 0. The molecule has 162 valence electrons. The summed E-state index contributed by atoms with van der Waals surface area (Å²) in [6.45, 7) is -0.0136. The number of aromatic hydroxyl groups is 1. The van der Waals surface area contributed by atoms with Crippen molar-refractivity contribution in [1.29, 1.82) is 0 Å². The van der Waals surface area contributed by atoms with Crippen molar-refractivity contribution in [3.63, 3.8) is 0 Å². The summed E-state index contributed by atoms with van der Waals surface area (Å²) in [5.41, 5.74) is 1.14. The molecule has 1 aliphatic heterocycles. The third-order valence-corrected chi connectivity index (χ3v) is 5.73. The maximum atomic E-state index is 13.3. The lowest BCUT2D eigenvalue weighted by molar-refractivity contribution is -0.140. The molecule has 3 aromatic carbocycles. The lowest BCUT2D eigenvalue weighted by Gasteiger charge is -2.25. The average molecular weight is 472 g/mol. The van der Waals surface area contributed by atoms with Gasteiger partial charge in [-0.25, -0.2) is 4.39 Å². The van der Waals surface area contributed by atoms with Crippen molar-refractivity contribution in [1.82, 2.24) is 4.90 Å². The number of phenols is 1. The van der Waals surface area contributed by atoms with Crippen molar-refractivity contribution >= 4 is 40.7 Å². The summed E-state index contributed by atoms with van der Waals surface area (Å²) < 4.78 is 13.3. The van der Waals surface area contributed by atoms with Crippen molar-refractivity contribution in [2.45, 2.75) is 12.6 Å². The number of amides is 1. The Morgan fingerprint density at radius 2 is 1.72 bits per heavy atom. The smallest absolute Gasteiger partial charge is 0.295 e. The van der Waals surface area contributed by atoms with E-state index in [-0.39, 0.29) is 34.2 Å². The van der Waals surface area contributed by atoms with Crippen LogP contribution in [0.2, 0.25) is 10.0 Å². The molecule has 1 atom stereocenters. The SMILES string of the molecule is O=C1C(=O)N(Cc2ccc(F)cc2)C(c2ccc(O)c(Cl)c2)/C1=C(/O)c1cccc(Cl)c1. The van der Waals surface area contributed by atoms with Gasteiger partial charge in [0.25, 0.3) is 11.7 Å².